The standard InChI is InChI=1S/C21H18ClN3O3S/c1-14-6-5-11-25-13-18(23-21(14)25)16-7-3-4-8-17(16)24-29(26,27)20-12-15(22)9-10-19(20)28-2/h3-13,24H,1-2H3. The number of fused-ring (bicyclic) bond motifs is 1. The largest absolute Gasteiger partial charge is 0.495 e. The molecule has 4 rings (SSSR count). The monoisotopic (exact) mass is 427 g/mol. The van der Waals surface area contributed by atoms with Crippen molar-refractivity contribution in [3.05, 3.63) is 77.6 Å². The number of benzene rings is 2. The number of imidazole rings is 1. The second-order valence-corrected chi connectivity index (χ2v) is 8.58. The van der Waals surface area contributed by atoms with Crippen LogP contribution in [0.3, 0.4) is 0 Å². The Kier molecular flexibility index (Phi) is 4.94. The lowest BCUT2D eigenvalue weighted by Crippen LogP contribution is -2.14. The lowest BCUT2D eigenvalue weighted by molar-refractivity contribution is 0.403. The van der Waals surface area contributed by atoms with Gasteiger partial charge in [0.1, 0.15) is 16.3 Å². The Morgan fingerprint density at radius 3 is 2.66 bits per heavy atom. The highest BCUT2D eigenvalue weighted by molar-refractivity contribution is 7.92. The molecular formula is C21H18ClN3O3S. The minimum atomic E-state index is -3.94. The first-order chi connectivity index (χ1) is 13.9. The van der Waals surface area contributed by atoms with E-state index in [0.717, 1.165) is 11.2 Å². The fraction of sp³-hybridized carbons (Fsp3) is 0.0952. The van der Waals surface area contributed by atoms with Crippen LogP contribution >= 0.6 is 11.6 Å². The van der Waals surface area contributed by atoms with Gasteiger partial charge in [0, 0.05) is 23.0 Å². The number of nitrogens with zero attached hydrogens (tertiary/aromatic N) is 2. The number of aromatic nitrogens is 2. The average molecular weight is 428 g/mol. The normalized spacial score (nSPS) is 11.6. The van der Waals surface area contributed by atoms with Crippen molar-refractivity contribution in [2.24, 2.45) is 0 Å². The van der Waals surface area contributed by atoms with Gasteiger partial charge in [0.15, 0.2) is 0 Å². The molecule has 1 N–H and O–H groups in total. The second kappa shape index (κ2) is 7.42. The van der Waals surface area contributed by atoms with Crippen molar-refractivity contribution in [1.82, 2.24) is 9.38 Å². The van der Waals surface area contributed by atoms with Crippen LogP contribution in [0.1, 0.15) is 5.56 Å². The van der Waals surface area contributed by atoms with Gasteiger partial charge < -0.3 is 9.14 Å². The molecule has 0 spiro atoms. The summed E-state index contributed by atoms with van der Waals surface area (Å²) >= 11 is 6.01. The Morgan fingerprint density at radius 2 is 1.90 bits per heavy atom. The molecule has 29 heavy (non-hydrogen) atoms. The summed E-state index contributed by atoms with van der Waals surface area (Å²) in [5.41, 5.74) is 3.59. The summed E-state index contributed by atoms with van der Waals surface area (Å²) in [7, 11) is -2.53. The van der Waals surface area contributed by atoms with Crippen molar-refractivity contribution in [3.8, 4) is 17.0 Å². The van der Waals surface area contributed by atoms with E-state index < -0.39 is 10.0 Å². The minimum Gasteiger partial charge on any atom is -0.495 e. The Hall–Kier alpha value is -3.03. The highest BCUT2D eigenvalue weighted by Gasteiger charge is 2.22. The third-order valence-corrected chi connectivity index (χ3v) is 6.16. The van der Waals surface area contributed by atoms with Gasteiger partial charge in [-0.25, -0.2) is 13.4 Å². The molecule has 8 heteroatoms. The average Bonchev–Trinajstić information content (AvgIpc) is 3.13. The van der Waals surface area contributed by atoms with Crippen LogP contribution in [-0.2, 0) is 10.0 Å². The highest BCUT2D eigenvalue weighted by atomic mass is 35.5. The van der Waals surface area contributed by atoms with E-state index in [-0.39, 0.29) is 10.6 Å². The van der Waals surface area contributed by atoms with E-state index in [1.807, 2.05) is 48.0 Å². The number of pyridine rings is 1. The van der Waals surface area contributed by atoms with Gasteiger partial charge in [0.2, 0.25) is 0 Å². The number of aryl methyl sites for hydroxylation is 1. The maximum absolute atomic E-state index is 13.1. The lowest BCUT2D eigenvalue weighted by atomic mass is 10.1. The first kappa shape index (κ1) is 19.3. The van der Waals surface area contributed by atoms with Crippen LogP contribution in [0, 0.1) is 6.92 Å². The van der Waals surface area contributed by atoms with Crippen LogP contribution in [0.4, 0.5) is 5.69 Å². The zero-order valence-corrected chi connectivity index (χ0v) is 17.3. The van der Waals surface area contributed by atoms with Crippen LogP contribution < -0.4 is 9.46 Å². The van der Waals surface area contributed by atoms with Crippen LogP contribution in [0.25, 0.3) is 16.9 Å². The number of ether oxygens (including phenoxy) is 1. The summed E-state index contributed by atoms with van der Waals surface area (Å²) in [6.07, 6.45) is 3.78. The fourth-order valence-corrected chi connectivity index (χ4v) is 4.65. The molecule has 2 aromatic carbocycles. The number of hydrogen-bond donors (Lipinski definition) is 1. The van der Waals surface area contributed by atoms with Crippen molar-refractivity contribution in [1.29, 1.82) is 0 Å². The number of halogens is 1. The zero-order chi connectivity index (χ0) is 20.6. The van der Waals surface area contributed by atoms with Gasteiger partial charge in [-0.3, -0.25) is 4.72 Å². The zero-order valence-electron chi connectivity index (χ0n) is 15.8. The van der Waals surface area contributed by atoms with E-state index in [1.165, 1.54) is 19.2 Å². The number of rotatable bonds is 5. The van der Waals surface area contributed by atoms with Crippen LogP contribution in [0.5, 0.6) is 5.75 Å². The molecule has 0 unspecified atom stereocenters. The van der Waals surface area contributed by atoms with Crippen molar-refractivity contribution >= 4 is 33.0 Å². The Labute approximate surface area is 173 Å². The number of anilines is 1. The number of sulfonamides is 1. The SMILES string of the molecule is COc1ccc(Cl)cc1S(=O)(=O)Nc1ccccc1-c1cn2cccc(C)c2n1. The molecule has 0 saturated carbocycles. The van der Waals surface area contributed by atoms with E-state index in [4.69, 9.17) is 16.3 Å². The fourth-order valence-electron chi connectivity index (χ4n) is 3.14. The molecule has 0 atom stereocenters. The molecule has 148 valence electrons. The molecule has 0 radical (unpaired) electrons. The van der Waals surface area contributed by atoms with Gasteiger partial charge in [0.25, 0.3) is 10.0 Å². The molecular weight excluding hydrogens is 410 g/mol. The molecule has 2 heterocycles. The first-order valence-corrected chi connectivity index (χ1v) is 10.7. The molecule has 0 fully saturated rings. The lowest BCUT2D eigenvalue weighted by Gasteiger charge is -2.14. The predicted molar refractivity (Wildman–Crippen MR) is 114 cm³/mol. The van der Waals surface area contributed by atoms with Crippen LogP contribution in [0.2, 0.25) is 5.02 Å². The van der Waals surface area contributed by atoms with E-state index in [0.29, 0.717) is 22.0 Å². The summed E-state index contributed by atoms with van der Waals surface area (Å²) in [5, 5.41) is 0.301. The molecule has 4 aromatic rings. The summed E-state index contributed by atoms with van der Waals surface area (Å²) < 4.78 is 35.9. The van der Waals surface area contributed by atoms with Gasteiger partial charge >= 0.3 is 0 Å². The topological polar surface area (TPSA) is 72.7 Å². The van der Waals surface area contributed by atoms with Crippen molar-refractivity contribution in [2.45, 2.75) is 11.8 Å². The number of para-hydroxylation sites is 1. The number of methoxy groups -OCH3 is 1. The molecule has 6 nitrogen and oxygen atoms in total. The van der Waals surface area contributed by atoms with Gasteiger partial charge in [0.05, 0.1) is 18.5 Å². The van der Waals surface area contributed by atoms with Crippen LogP contribution in [0.15, 0.2) is 71.9 Å². The van der Waals surface area contributed by atoms with Crippen LogP contribution in [-0.4, -0.2) is 24.9 Å². The van der Waals surface area contributed by atoms with Gasteiger partial charge in [-0.1, -0.05) is 35.9 Å². The van der Waals surface area contributed by atoms with Gasteiger partial charge in [-0.05, 0) is 42.8 Å². The summed E-state index contributed by atoms with van der Waals surface area (Å²) in [6, 6.07) is 15.5. The third-order valence-electron chi connectivity index (χ3n) is 4.54. The second-order valence-electron chi connectivity index (χ2n) is 6.49. The van der Waals surface area contributed by atoms with E-state index in [9.17, 15) is 8.42 Å². The molecule has 2 aromatic heterocycles. The predicted octanol–water partition coefficient (Wildman–Crippen LogP) is 4.77. The molecule has 0 aliphatic carbocycles. The Balaban J connectivity index is 1.79. The molecule has 0 amide bonds. The maximum Gasteiger partial charge on any atom is 0.265 e. The Bertz CT molecular complexity index is 1320. The first-order valence-electron chi connectivity index (χ1n) is 8.79. The maximum atomic E-state index is 13.1. The van der Waals surface area contributed by atoms with Gasteiger partial charge in [-0.15, -0.1) is 0 Å². The molecule has 0 aliphatic rings. The quantitative estimate of drug-likeness (QED) is 0.497. The molecule has 0 bridgehead atoms. The minimum absolute atomic E-state index is 0.0341. The number of nitrogens with one attached hydrogen (secondary N) is 1. The van der Waals surface area contributed by atoms with Crippen molar-refractivity contribution in [2.75, 3.05) is 11.8 Å². The van der Waals surface area contributed by atoms with Crippen molar-refractivity contribution in [3.63, 3.8) is 0 Å². The van der Waals surface area contributed by atoms with E-state index in [2.05, 4.69) is 9.71 Å². The highest BCUT2D eigenvalue weighted by Crippen LogP contribution is 2.32. The molecule has 0 aliphatic heterocycles. The Morgan fingerprint density at radius 1 is 1.10 bits per heavy atom. The van der Waals surface area contributed by atoms with Gasteiger partial charge in [-0.2, -0.15) is 0 Å². The summed E-state index contributed by atoms with van der Waals surface area (Å²) in [4.78, 5) is 4.64. The third kappa shape index (κ3) is 3.66. The smallest absolute Gasteiger partial charge is 0.265 e. The van der Waals surface area contributed by atoms with Crippen molar-refractivity contribution < 1.29 is 13.2 Å². The number of hydrogen-bond acceptors (Lipinski definition) is 4. The van der Waals surface area contributed by atoms with E-state index in [1.54, 1.807) is 18.2 Å². The summed E-state index contributed by atoms with van der Waals surface area (Å²) in [5.74, 6) is 0.211. The molecule has 0 saturated heterocycles. The summed E-state index contributed by atoms with van der Waals surface area (Å²) in [6.45, 7) is 1.98. The van der Waals surface area contributed by atoms with E-state index >= 15 is 0 Å².